The molecular formula is C22H25N3O2. The summed E-state index contributed by atoms with van der Waals surface area (Å²) in [5.41, 5.74) is 5.00. The number of benzene rings is 2. The van der Waals surface area contributed by atoms with Crippen molar-refractivity contribution in [2.45, 2.75) is 39.7 Å². The fourth-order valence-corrected chi connectivity index (χ4v) is 3.15. The Balaban J connectivity index is 1.91. The van der Waals surface area contributed by atoms with Gasteiger partial charge in [0.15, 0.2) is 0 Å². The molecule has 0 saturated carbocycles. The summed E-state index contributed by atoms with van der Waals surface area (Å²) in [7, 11) is 0. The van der Waals surface area contributed by atoms with Crippen LogP contribution in [0.3, 0.4) is 0 Å². The van der Waals surface area contributed by atoms with Crippen LogP contribution in [-0.4, -0.2) is 11.9 Å². The van der Waals surface area contributed by atoms with Gasteiger partial charge in [-0.3, -0.25) is 4.79 Å². The van der Waals surface area contributed by atoms with Gasteiger partial charge in [-0.2, -0.15) is 0 Å². The van der Waals surface area contributed by atoms with Gasteiger partial charge in [0.05, 0.1) is 11.6 Å². The van der Waals surface area contributed by atoms with E-state index in [1.807, 2.05) is 55.5 Å². The second kappa shape index (κ2) is 7.66. The van der Waals surface area contributed by atoms with E-state index in [2.05, 4.69) is 29.8 Å². The smallest absolute Gasteiger partial charge is 0.319 e. The first-order valence-corrected chi connectivity index (χ1v) is 9.11. The number of aryl methyl sites for hydroxylation is 1. The molecule has 2 aromatic carbocycles. The van der Waals surface area contributed by atoms with E-state index in [9.17, 15) is 9.59 Å². The van der Waals surface area contributed by atoms with E-state index < -0.39 is 6.04 Å². The highest BCUT2D eigenvalue weighted by atomic mass is 16.2. The summed E-state index contributed by atoms with van der Waals surface area (Å²) in [6.07, 6.45) is 0. The number of carbonyl (C=O) groups excluding carboxylic acids is 2. The quantitative estimate of drug-likeness (QED) is 0.754. The second-order valence-corrected chi connectivity index (χ2v) is 7.21. The number of anilines is 1. The zero-order chi connectivity index (χ0) is 19.6. The van der Waals surface area contributed by atoms with E-state index in [-0.39, 0.29) is 11.9 Å². The summed E-state index contributed by atoms with van der Waals surface area (Å²) in [4.78, 5) is 25.0. The maximum Gasteiger partial charge on any atom is 0.319 e. The van der Waals surface area contributed by atoms with E-state index >= 15 is 0 Å². The van der Waals surface area contributed by atoms with Gasteiger partial charge in [-0.05, 0) is 43.0 Å². The summed E-state index contributed by atoms with van der Waals surface area (Å²) in [6.45, 7) is 8.01. The van der Waals surface area contributed by atoms with Crippen molar-refractivity contribution in [2.75, 3.05) is 5.32 Å². The lowest BCUT2D eigenvalue weighted by molar-refractivity contribution is -0.113. The number of amides is 3. The Hall–Kier alpha value is -3.08. The molecule has 0 fully saturated rings. The molecule has 5 nitrogen and oxygen atoms in total. The Bertz CT molecular complexity index is 881. The number of nitrogens with one attached hydrogen (secondary N) is 3. The Morgan fingerprint density at radius 1 is 1.00 bits per heavy atom. The topological polar surface area (TPSA) is 70.2 Å². The number of allylic oxidation sites excluding steroid dienone is 1. The molecule has 3 N–H and O–H groups in total. The van der Waals surface area contributed by atoms with Crippen LogP contribution < -0.4 is 16.0 Å². The molecule has 0 saturated heterocycles. The third kappa shape index (κ3) is 4.19. The van der Waals surface area contributed by atoms with E-state index in [1.54, 1.807) is 6.92 Å². The maximum absolute atomic E-state index is 13.0. The van der Waals surface area contributed by atoms with Crippen LogP contribution in [0.5, 0.6) is 0 Å². The van der Waals surface area contributed by atoms with Gasteiger partial charge in [-0.1, -0.05) is 55.8 Å². The van der Waals surface area contributed by atoms with Crippen molar-refractivity contribution in [3.05, 3.63) is 76.5 Å². The molecule has 5 heteroatoms. The van der Waals surface area contributed by atoms with Crippen molar-refractivity contribution in [2.24, 2.45) is 0 Å². The molecule has 0 bridgehead atoms. The normalized spacial score (nSPS) is 16.8. The average Bonchev–Trinajstić information content (AvgIpc) is 2.63. The van der Waals surface area contributed by atoms with Crippen LogP contribution in [0, 0.1) is 6.92 Å². The third-order valence-corrected chi connectivity index (χ3v) is 4.76. The fourth-order valence-electron chi connectivity index (χ4n) is 3.15. The van der Waals surface area contributed by atoms with Crippen LogP contribution >= 0.6 is 0 Å². The summed E-state index contributed by atoms with van der Waals surface area (Å²) in [5.74, 6) is 0.185. The Kier molecular flexibility index (Phi) is 5.31. The molecule has 1 aliphatic rings. The van der Waals surface area contributed by atoms with Crippen LogP contribution in [0.1, 0.15) is 49.4 Å². The van der Waals surface area contributed by atoms with Gasteiger partial charge >= 0.3 is 6.03 Å². The summed E-state index contributed by atoms with van der Waals surface area (Å²) >= 11 is 0. The molecule has 1 atom stereocenters. The summed E-state index contributed by atoms with van der Waals surface area (Å²) in [5, 5.41) is 8.50. The predicted molar refractivity (Wildman–Crippen MR) is 107 cm³/mol. The monoisotopic (exact) mass is 363 g/mol. The largest absolute Gasteiger partial charge is 0.327 e. The molecule has 3 rings (SSSR count). The van der Waals surface area contributed by atoms with E-state index in [1.165, 1.54) is 5.56 Å². The Morgan fingerprint density at radius 3 is 2.22 bits per heavy atom. The van der Waals surface area contributed by atoms with Gasteiger partial charge in [0.2, 0.25) is 0 Å². The van der Waals surface area contributed by atoms with E-state index in [0.29, 0.717) is 17.2 Å². The summed E-state index contributed by atoms with van der Waals surface area (Å²) in [6, 6.07) is 14.8. The minimum absolute atomic E-state index is 0.234. The van der Waals surface area contributed by atoms with Crippen molar-refractivity contribution in [3.8, 4) is 0 Å². The van der Waals surface area contributed by atoms with Crippen LogP contribution in [0.2, 0.25) is 0 Å². The van der Waals surface area contributed by atoms with Crippen LogP contribution in [-0.2, 0) is 4.79 Å². The molecule has 140 valence electrons. The maximum atomic E-state index is 13.0. The highest BCUT2D eigenvalue weighted by molar-refractivity contribution is 6.06. The van der Waals surface area contributed by atoms with Gasteiger partial charge in [-0.25, -0.2) is 4.79 Å². The minimum atomic E-state index is -0.495. The van der Waals surface area contributed by atoms with Crippen molar-refractivity contribution in [1.29, 1.82) is 0 Å². The van der Waals surface area contributed by atoms with Crippen LogP contribution in [0.4, 0.5) is 10.5 Å². The Morgan fingerprint density at radius 2 is 1.63 bits per heavy atom. The standard InChI is InChI=1S/C22H25N3O2/c1-13(2)16-7-9-17(10-8-16)20-19(15(4)23-22(27)25-20)21(26)24-18-11-5-14(3)6-12-18/h5-13,20H,1-4H3,(H,24,26)(H2,23,25,27)/t20-/m1/s1. The van der Waals surface area contributed by atoms with Gasteiger partial charge in [-0.15, -0.1) is 0 Å². The second-order valence-electron chi connectivity index (χ2n) is 7.21. The highest BCUT2D eigenvalue weighted by Gasteiger charge is 2.31. The molecule has 0 unspecified atom stereocenters. The van der Waals surface area contributed by atoms with E-state index in [4.69, 9.17) is 0 Å². The van der Waals surface area contributed by atoms with Crippen molar-refractivity contribution < 1.29 is 9.59 Å². The molecular weight excluding hydrogens is 338 g/mol. The zero-order valence-corrected chi connectivity index (χ0v) is 16.1. The minimum Gasteiger partial charge on any atom is -0.327 e. The van der Waals surface area contributed by atoms with Gasteiger partial charge < -0.3 is 16.0 Å². The zero-order valence-electron chi connectivity index (χ0n) is 16.1. The first-order valence-electron chi connectivity index (χ1n) is 9.11. The molecule has 0 aliphatic carbocycles. The van der Waals surface area contributed by atoms with Gasteiger partial charge in [0, 0.05) is 11.4 Å². The SMILES string of the molecule is CC1=C(C(=O)Nc2ccc(C)cc2)[C@@H](c2ccc(C(C)C)cc2)NC(=O)N1. The number of rotatable bonds is 4. The molecule has 0 spiro atoms. The molecule has 0 aromatic heterocycles. The van der Waals surface area contributed by atoms with Crippen molar-refractivity contribution in [1.82, 2.24) is 10.6 Å². The molecule has 2 aromatic rings. The molecule has 27 heavy (non-hydrogen) atoms. The molecule has 0 radical (unpaired) electrons. The highest BCUT2D eigenvalue weighted by Crippen LogP contribution is 2.29. The third-order valence-electron chi connectivity index (χ3n) is 4.76. The summed E-state index contributed by atoms with van der Waals surface area (Å²) < 4.78 is 0. The van der Waals surface area contributed by atoms with Crippen LogP contribution in [0.15, 0.2) is 59.8 Å². The first-order chi connectivity index (χ1) is 12.8. The van der Waals surface area contributed by atoms with Gasteiger partial charge in [0.1, 0.15) is 0 Å². The fraction of sp³-hybridized carbons (Fsp3) is 0.273. The molecule has 1 aliphatic heterocycles. The van der Waals surface area contributed by atoms with Crippen molar-refractivity contribution >= 4 is 17.6 Å². The van der Waals surface area contributed by atoms with Crippen LogP contribution in [0.25, 0.3) is 0 Å². The number of urea groups is 1. The van der Waals surface area contributed by atoms with Crippen molar-refractivity contribution in [3.63, 3.8) is 0 Å². The first kappa shape index (κ1) is 18.7. The van der Waals surface area contributed by atoms with Gasteiger partial charge in [0.25, 0.3) is 5.91 Å². The lowest BCUT2D eigenvalue weighted by Crippen LogP contribution is -2.45. The predicted octanol–water partition coefficient (Wildman–Crippen LogP) is 4.39. The number of hydrogen-bond acceptors (Lipinski definition) is 2. The number of carbonyl (C=O) groups is 2. The van der Waals surface area contributed by atoms with E-state index in [0.717, 1.165) is 16.8 Å². The lowest BCUT2D eigenvalue weighted by atomic mass is 9.92. The lowest BCUT2D eigenvalue weighted by Gasteiger charge is -2.29. The average molecular weight is 363 g/mol. The Labute approximate surface area is 159 Å². The molecule has 3 amide bonds. The molecule has 1 heterocycles. The number of hydrogen-bond donors (Lipinski definition) is 3.